The molecule has 2 aromatic carbocycles. The highest BCUT2D eigenvalue weighted by Crippen LogP contribution is 2.21. The van der Waals surface area contributed by atoms with E-state index in [0.29, 0.717) is 12.8 Å². The van der Waals surface area contributed by atoms with Gasteiger partial charge in [0.15, 0.2) is 5.16 Å². The number of aromatic nitrogens is 2. The molecule has 27 heavy (non-hydrogen) atoms. The number of anilines is 1. The number of benzene rings is 2. The molecule has 0 unspecified atom stereocenters. The molecule has 0 spiro atoms. The topological polar surface area (TPSA) is 54.9 Å². The van der Waals surface area contributed by atoms with E-state index in [4.69, 9.17) is 0 Å². The zero-order valence-corrected chi connectivity index (χ0v) is 16.6. The Labute approximate surface area is 164 Å². The Kier molecular flexibility index (Phi) is 6.24. The molecule has 0 saturated heterocycles. The summed E-state index contributed by atoms with van der Waals surface area (Å²) in [5, 5.41) is 3.74. The van der Waals surface area contributed by atoms with E-state index in [1.165, 1.54) is 11.8 Å². The van der Waals surface area contributed by atoms with E-state index >= 15 is 0 Å². The SMILES string of the molecule is CSc1nc(C)c(CCC(=O)Nc2ccc(-c3ccccc3)cc2)c(C)n1. The molecular formula is C22H23N3OS. The van der Waals surface area contributed by atoms with E-state index in [-0.39, 0.29) is 5.91 Å². The molecule has 138 valence electrons. The Morgan fingerprint density at radius 1 is 0.926 bits per heavy atom. The van der Waals surface area contributed by atoms with Crippen molar-refractivity contribution in [2.75, 3.05) is 11.6 Å². The number of carbonyl (C=O) groups excluding carboxylic acids is 1. The van der Waals surface area contributed by atoms with Gasteiger partial charge in [0.05, 0.1) is 0 Å². The monoisotopic (exact) mass is 377 g/mol. The molecule has 0 radical (unpaired) electrons. The maximum Gasteiger partial charge on any atom is 0.224 e. The number of aryl methyl sites for hydroxylation is 2. The van der Waals surface area contributed by atoms with Gasteiger partial charge in [0.2, 0.25) is 5.91 Å². The predicted molar refractivity (Wildman–Crippen MR) is 112 cm³/mol. The second-order valence-corrected chi connectivity index (χ2v) is 7.12. The molecule has 0 aliphatic carbocycles. The first-order valence-electron chi connectivity index (χ1n) is 8.90. The number of thioether (sulfide) groups is 1. The zero-order chi connectivity index (χ0) is 19.2. The number of amides is 1. The molecule has 0 aliphatic heterocycles. The van der Waals surface area contributed by atoms with Crippen LogP contribution in [0.1, 0.15) is 23.4 Å². The van der Waals surface area contributed by atoms with Crippen LogP contribution in [0.25, 0.3) is 11.1 Å². The van der Waals surface area contributed by atoms with Crippen molar-refractivity contribution < 1.29 is 4.79 Å². The number of hydrogen-bond donors (Lipinski definition) is 1. The summed E-state index contributed by atoms with van der Waals surface area (Å²) < 4.78 is 0. The molecular weight excluding hydrogens is 354 g/mol. The summed E-state index contributed by atoms with van der Waals surface area (Å²) in [6, 6.07) is 18.1. The van der Waals surface area contributed by atoms with E-state index < -0.39 is 0 Å². The molecule has 0 bridgehead atoms. The van der Waals surface area contributed by atoms with Crippen LogP contribution in [0.3, 0.4) is 0 Å². The van der Waals surface area contributed by atoms with Gasteiger partial charge in [-0.25, -0.2) is 9.97 Å². The molecule has 4 nitrogen and oxygen atoms in total. The number of hydrogen-bond acceptors (Lipinski definition) is 4. The van der Waals surface area contributed by atoms with Gasteiger partial charge in [0.25, 0.3) is 0 Å². The van der Waals surface area contributed by atoms with Crippen molar-refractivity contribution in [1.29, 1.82) is 0 Å². The molecule has 1 heterocycles. The fraction of sp³-hybridized carbons (Fsp3) is 0.227. The van der Waals surface area contributed by atoms with E-state index in [2.05, 4.69) is 27.4 Å². The van der Waals surface area contributed by atoms with Crippen molar-refractivity contribution in [3.8, 4) is 11.1 Å². The Bertz CT molecular complexity index is 901. The standard InChI is InChI=1S/C22H23N3OS/c1-15-20(16(2)24-22(23-15)27-3)13-14-21(26)25-19-11-9-18(10-12-19)17-7-5-4-6-8-17/h4-12H,13-14H2,1-3H3,(H,25,26). The summed E-state index contributed by atoms with van der Waals surface area (Å²) >= 11 is 1.53. The van der Waals surface area contributed by atoms with Gasteiger partial charge in [-0.3, -0.25) is 4.79 Å². The first kappa shape index (κ1) is 19.1. The number of nitrogens with one attached hydrogen (secondary N) is 1. The second kappa shape index (κ2) is 8.82. The van der Waals surface area contributed by atoms with E-state index in [0.717, 1.165) is 38.9 Å². The highest BCUT2D eigenvalue weighted by atomic mass is 32.2. The third kappa shape index (κ3) is 4.95. The van der Waals surface area contributed by atoms with Crippen LogP contribution < -0.4 is 5.32 Å². The molecule has 1 aromatic heterocycles. The van der Waals surface area contributed by atoms with Gasteiger partial charge in [-0.1, -0.05) is 54.2 Å². The molecule has 0 saturated carbocycles. The summed E-state index contributed by atoms with van der Waals surface area (Å²) in [7, 11) is 0. The van der Waals surface area contributed by atoms with Crippen molar-refractivity contribution in [2.45, 2.75) is 31.8 Å². The minimum absolute atomic E-state index is 0.00444. The largest absolute Gasteiger partial charge is 0.326 e. The zero-order valence-electron chi connectivity index (χ0n) is 15.8. The Hall–Kier alpha value is -2.66. The fourth-order valence-corrected chi connectivity index (χ4v) is 3.46. The van der Waals surface area contributed by atoms with Gasteiger partial charge in [-0.05, 0) is 55.3 Å². The lowest BCUT2D eigenvalue weighted by molar-refractivity contribution is -0.116. The van der Waals surface area contributed by atoms with Gasteiger partial charge in [0, 0.05) is 23.5 Å². The minimum Gasteiger partial charge on any atom is -0.326 e. The van der Waals surface area contributed by atoms with Crippen LogP contribution in [-0.2, 0) is 11.2 Å². The average Bonchev–Trinajstić information content (AvgIpc) is 2.68. The van der Waals surface area contributed by atoms with E-state index in [9.17, 15) is 4.79 Å². The van der Waals surface area contributed by atoms with Crippen LogP contribution in [0.2, 0.25) is 0 Å². The van der Waals surface area contributed by atoms with Crippen molar-refractivity contribution in [1.82, 2.24) is 9.97 Å². The smallest absolute Gasteiger partial charge is 0.224 e. The Morgan fingerprint density at radius 2 is 1.52 bits per heavy atom. The number of rotatable bonds is 6. The lowest BCUT2D eigenvalue weighted by Crippen LogP contribution is -2.13. The maximum atomic E-state index is 12.3. The van der Waals surface area contributed by atoms with E-state index in [1.807, 2.05) is 62.6 Å². The van der Waals surface area contributed by atoms with Crippen LogP contribution in [0.15, 0.2) is 59.8 Å². The van der Waals surface area contributed by atoms with Crippen LogP contribution >= 0.6 is 11.8 Å². The summed E-state index contributed by atoms with van der Waals surface area (Å²) in [4.78, 5) is 21.3. The summed E-state index contributed by atoms with van der Waals surface area (Å²) in [6.45, 7) is 3.95. The molecule has 0 aliphatic rings. The molecule has 5 heteroatoms. The molecule has 3 rings (SSSR count). The van der Waals surface area contributed by atoms with E-state index in [1.54, 1.807) is 0 Å². The van der Waals surface area contributed by atoms with Crippen LogP contribution in [0.4, 0.5) is 5.69 Å². The van der Waals surface area contributed by atoms with Gasteiger partial charge >= 0.3 is 0 Å². The van der Waals surface area contributed by atoms with Crippen molar-refractivity contribution in [3.63, 3.8) is 0 Å². The number of carbonyl (C=O) groups is 1. The average molecular weight is 378 g/mol. The number of nitrogens with zero attached hydrogens (tertiary/aromatic N) is 2. The Balaban J connectivity index is 1.60. The van der Waals surface area contributed by atoms with Gasteiger partial charge in [-0.2, -0.15) is 0 Å². The van der Waals surface area contributed by atoms with Crippen LogP contribution in [-0.4, -0.2) is 22.1 Å². The third-order valence-corrected chi connectivity index (χ3v) is 5.01. The van der Waals surface area contributed by atoms with Gasteiger partial charge in [-0.15, -0.1) is 0 Å². The normalized spacial score (nSPS) is 10.6. The van der Waals surface area contributed by atoms with Crippen molar-refractivity contribution in [2.24, 2.45) is 0 Å². The summed E-state index contributed by atoms with van der Waals surface area (Å²) in [5.74, 6) is -0.00444. The highest BCUT2D eigenvalue weighted by Gasteiger charge is 2.11. The summed E-state index contributed by atoms with van der Waals surface area (Å²) in [6.07, 6.45) is 3.01. The van der Waals surface area contributed by atoms with Crippen molar-refractivity contribution in [3.05, 3.63) is 71.5 Å². The third-order valence-electron chi connectivity index (χ3n) is 4.46. The first-order chi connectivity index (χ1) is 13.1. The van der Waals surface area contributed by atoms with Gasteiger partial charge in [0.1, 0.15) is 0 Å². The maximum absolute atomic E-state index is 12.3. The van der Waals surface area contributed by atoms with Crippen LogP contribution in [0.5, 0.6) is 0 Å². The lowest BCUT2D eigenvalue weighted by Gasteiger charge is -2.10. The second-order valence-electron chi connectivity index (χ2n) is 6.35. The quantitative estimate of drug-likeness (QED) is 0.482. The van der Waals surface area contributed by atoms with Gasteiger partial charge < -0.3 is 5.32 Å². The van der Waals surface area contributed by atoms with Crippen LogP contribution in [0, 0.1) is 13.8 Å². The molecule has 0 fully saturated rings. The molecule has 1 N–H and O–H groups in total. The minimum atomic E-state index is -0.00444. The van der Waals surface area contributed by atoms with Crippen molar-refractivity contribution >= 4 is 23.4 Å². The lowest BCUT2D eigenvalue weighted by atomic mass is 10.1. The molecule has 3 aromatic rings. The first-order valence-corrected chi connectivity index (χ1v) is 10.1. The highest BCUT2D eigenvalue weighted by molar-refractivity contribution is 7.98. The fourth-order valence-electron chi connectivity index (χ4n) is 3.00. The Morgan fingerprint density at radius 3 is 2.11 bits per heavy atom. The molecule has 1 amide bonds. The predicted octanol–water partition coefficient (Wildman–Crippen LogP) is 5.05. The summed E-state index contributed by atoms with van der Waals surface area (Å²) in [5.41, 5.74) is 6.06. The molecule has 0 atom stereocenters.